The maximum absolute atomic E-state index is 4.64. The molecule has 3 rings (SSSR count). The van der Waals surface area contributed by atoms with Crippen LogP contribution in [0.1, 0.15) is 28.3 Å². The molecule has 0 bridgehead atoms. The monoisotopic (exact) mass is 239 g/mol. The number of rotatable bonds is 2. The van der Waals surface area contributed by atoms with Crippen LogP contribution in [0.15, 0.2) is 30.3 Å². The highest BCUT2D eigenvalue weighted by molar-refractivity contribution is 5.32. The number of aryl methyl sites for hydroxylation is 1. The normalized spacial score (nSPS) is 14.3. The maximum atomic E-state index is 4.64. The van der Waals surface area contributed by atoms with Crippen molar-refractivity contribution < 1.29 is 0 Å². The molecule has 1 aliphatic rings. The first-order valence-electron chi connectivity index (χ1n) is 6.43. The van der Waals surface area contributed by atoms with Crippen LogP contribution in [-0.2, 0) is 19.4 Å². The van der Waals surface area contributed by atoms with Gasteiger partial charge in [-0.2, -0.15) is 0 Å². The molecule has 0 fully saturated rings. The van der Waals surface area contributed by atoms with Gasteiger partial charge in [-0.05, 0) is 31.0 Å². The summed E-state index contributed by atoms with van der Waals surface area (Å²) in [6.45, 7) is 3.88. The largest absolute Gasteiger partial charge is 0.311 e. The van der Waals surface area contributed by atoms with Gasteiger partial charge in [-0.15, -0.1) is 0 Å². The molecule has 0 spiro atoms. The lowest BCUT2D eigenvalue weighted by atomic mass is 9.99. The smallest absolute Gasteiger partial charge is 0.125 e. The zero-order chi connectivity index (χ0) is 12.4. The molecule has 92 valence electrons. The summed E-state index contributed by atoms with van der Waals surface area (Å²) in [6.07, 6.45) is 1.95. The molecule has 0 amide bonds. The molecule has 3 heteroatoms. The van der Waals surface area contributed by atoms with E-state index in [0.717, 1.165) is 31.8 Å². The number of hydrogen-bond acceptors (Lipinski definition) is 3. The van der Waals surface area contributed by atoms with Crippen molar-refractivity contribution in [1.29, 1.82) is 0 Å². The SMILES string of the molecule is Cc1nc2c(c(Cc3ccccc3)n1)CCNC2. The van der Waals surface area contributed by atoms with E-state index in [9.17, 15) is 0 Å². The van der Waals surface area contributed by atoms with E-state index in [2.05, 4.69) is 39.6 Å². The minimum absolute atomic E-state index is 0.875. The Kier molecular flexibility index (Phi) is 3.07. The van der Waals surface area contributed by atoms with Crippen LogP contribution < -0.4 is 5.32 Å². The van der Waals surface area contributed by atoms with E-state index < -0.39 is 0 Å². The Bertz CT molecular complexity index is 549. The average Bonchev–Trinajstić information content (AvgIpc) is 2.40. The third-order valence-electron chi connectivity index (χ3n) is 3.35. The van der Waals surface area contributed by atoms with Crippen LogP contribution in [0.3, 0.4) is 0 Å². The van der Waals surface area contributed by atoms with Gasteiger partial charge in [0.05, 0.1) is 11.4 Å². The molecule has 1 aromatic carbocycles. The maximum Gasteiger partial charge on any atom is 0.125 e. The number of nitrogens with zero attached hydrogens (tertiary/aromatic N) is 2. The Morgan fingerprint density at radius 1 is 1.17 bits per heavy atom. The number of nitrogens with one attached hydrogen (secondary N) is 1. The van der Waals surface area contributed by atoms with Crippen molar-refractivity contribution in [3.63, 3.8) is 0 Å². The van der Waals surface area contributed by atoms with Gasteiger partial charge in [-0.1, -0.05) is 30.3 Å². The quantitative estimate of drug-likeness (QED) is 0.871. The fourth-order valence-electron chi connectivity index (χ4n) is 2.51. The molecule has 0 radical (unpaired) electrons. The summed E-state index contributed by atoms with van der Waals surface area (Å²) in [5, 5.41) is 3.37. The van der Waals surface area contributed by atoms with Gasteiger partial charge < -0.3 is 5.32 Å². The first kappa shape index (κ1) is 11.4. The van der Waals surface area contributed by atoms with Crippen molar-refractivity contribution in [2.45, 2.75) is 26.3 Å². The highest BCUT2D eigenvalue weighted by Crippen LogP contribution is 2.18. The summed E-state index contributed by atoms with van der Waals surface area (Å²) >= 11 is 0. The van der Waals surface area contributed by atoms with Gasteiger partial charge in [0, 0.05) is 13.0 Å². The van der Waals surface area contributed by atoms with Crippen molar-refractivity contribution in [1.82, 2.24) is 15.3 Å². The van der Waals surface area contributed by atoms with Gasteiger partial charge >= 0.3 is 0 Å². The molecular formula is C15H17N3. The van der Waals surface area contributed by atoms with Gasteiger partial charge in [-0.3, -0.25) is 0 Å². The Labute approximate surface area is 107 Å². The summed E-state index contributed by atoms with van der Waals surface area (Å²) in [6, 6.07) is 10.5. The lowest BCUT2D eigenvalue weighted by Gasteiger charge is -2.19. The molecule has 18 heavy (non-hydrogen) atoms. The topological polar surface area (TPSA) is 37.8 Å². The summed E-state index contributed by atoms with van der Waals surface area (Å²) < 4.78 is 0. The lowest BCUT2D eigenvalue weighted by Crippen LogP contribution is -2.27. The lowest BCUT2D eigenvalue weighted by molar-refractivity contribution is 0.613. The first-order chi connectivity index (χ1) is 8.83. The molecule has 3 nitrogen and oxygen atoms in total. The van der Waals surface area contributed by atoms with Gasteiger partial charge in [0.15, 0.2) is 0 Å². The second-order valence-electron chi connectivity index (χ2n) is 4.73. The highest BCUT2D eigenvalue weighted by atomic mass is 15.0. The van der Waals surface area contributed by atoms with E-state index in [1.165, 1.54) is 22.5 Å². The van der Waals surface area contributed by atoms with Crippen molar-refractivity contribution in [2.75, 3.05) is 6.54 Å². The van der Waals surface area contributed by atoms with Gasteiger partial charge in [-0.25, -0.2) is 9.97 Å². The Morgan fingerprint density at radius 2 is 2.00 bits per heavy atom. The predicted molar refractivity (Wildman–Crippen MR) is 71.4 cm³/mol. The molecule has 2 aromatic rings. The van der Waals surface area contributed by atoms with E-state index >= 15 is 0 Å². The Hall–Kier alpha value is -1.74. The van der Waals surface area contributed by atoms with Crippen LogP contribution in [0.2, 0.25) is 0 Å². The van der Waals surface area contributed by atoms with Crippen LogP contribution in [0.5, 0.6) is 0 Å². The number of benzene rings is 1. The Morgan fingerprint density at radius 3 is 2.83 bits per heavy atom. The number of fused-ring (bicyclic) bond motifs is 1. The van der Waals surface area contributed by atoms with Crippen molar-refractivity contribution in [3.8, 4) is 0 Å². The van der Waals surface area contributed by atoms with Crippen LogP contribution in [-0.4, -0.2) is 16.5 Å². The van der Waals surface area contributed by atoms with Crippen LogP contribution >= 0.6 is 0 Å². The standard InChI is InChI=1S/C15H17N3/c1-11-17-14(9-12-5-3-2-4-6-12)13-7-8-16-10-15(13)18-11/h2-6,16H,7-10H2,1H3. The zero-order valence-corrected chi connectivity index (χ0v) is 10.6. The summed E-state index contributed by atoms with van der Waals surface area (Å²) in [4.78, 5) is 9.19. The fourth-order valence-corrected chi connectivity index (χ4v) is 2.51. The molecule has 0 saturated carbocycles. The molecule has 1 N–H and O–H groups in total. The zero-order valence-electron chi connectivity index (χ0n) is 10.6. The summed E-state index contributed by atoms with van der Waals surface area (Å²) in [5.41, 5.74) is 5.05. The van der Waals surface area contributed by atoms with E-state index in [1.807, 2.05) is 13.0 Å². The Balaban J connectivity index is 1.98. The molecule has 0 aliphatic carbocycles. The van der Waals surface area contributed by atoms with Crippen LogP contribution in [0, 0.1) is 6.92 Å². The highest BCUT2D eigenvalue weighted by Gasteiger charge is 2.16. The number of hydrogen-bond donors (Lipinski definition) is 1. The van der Waals surface area contributed by atoms with E-state index in [1.54, 1.807) is 0 Å². The van der Waals surface area contributed by atoms with E-state index in [4.69, 9.17) is 0 Å². The third kappa shape index (κ3) is 2.27. The van der Waals surface area contributed by atoms with Gasteiger partial charge in [0.2, 0.25) is 0 Å². The van der Waals surface area contributed by atoms with Gasteiger partial charge in [0.1, 0.15) is 5.82 Å². The van der Waals surface area contributed by atoms with Crippen LogP contribution in [0.25, 0.3) is 0 Å². The minimum atomic E-state index is 0.875. The molecule has 0 saturated heterocycles. The van der Waals surface area contributed by atoms with Crippen LogP contribution in [0.4, 0.5) is 0 Å². The van der Waals surface area contributed by atoms with Crippen molar-refractivity contribution >= 4 is 0 Å². The third-order valence-corrected chi connectivity index (χ3v) is 3.35. The predicted octanol–water partition coefficient (Wildman–Crippen LogP) is 2.02. The molecule has 2 heterocycles. The van der Waals surface area contributed by atoms with Gasteiger partial charge in [0.25, 0.3) is 0 Å². The second kappa shape index (κ2) is 4.86. The van der Waals surface area contributed by atoms with Crippen molar-refractivity contribution in [3.05, 3.63) is 58.7 Å². The minimum Gasteiger partial charge on any atom is -0.311 e. The molecule has 0 unspecified atom stereocenters. The molecule has 1 aromatic heterocycles. The first-order valence-corrected chi connectivity index (χ1v) is 6.43. The average molecular weight is 239 g/mol. The molecule has 1 aliphatic heterocycles. The second-order valence-corrected chi connectivity index (χ2v) is 4.73. The molecular weight excluding hydrogens is 222 g/mol. The van der Waals surface area contributed by atoms with Crippen molar-refractivity contribution in [2.24, 2.45) is 0 Å². The molecule has 0 atom stereocenters. The van der Waals surface area contributed by atoms with E-state index in [0.29, 0.717) is 0 Å². The number of aromatic nitrogens is 2. The summed E-state index contributed by atoms with van der Waals surface area (Å²) in [7, 11) is 0. The fraction of sp³-hybridized carbons (Fsp3) is 0.333. The summed E-state index contributed by atoms with van der Waals surface area (Å²) in [5.74, 6) is 0.878. The van der Waals surface area contributed by atoms with E-state index in [-0.39, 0.29) is 0 Å².